The van der Waals surface area contributed by atoms with E-state index >= 15 is 0 Å². The number of benzene rings is 1. The highest BCUT2D eigenvalue weighted by molar-refractivity contribution is 5.84. The number of rotatable bonds is 7. The van der Waals surface area contributed by atoms with Crippen molar-refractivity contribution in [1.82, 2.24) is 5.32 Å². The number of amides is 1. The quantitative estimate of drug-likeness (QED) is 0.578. The van der Waals surface area contributed by atoms with Crippen molar-refractivity contribution in [2.75, 3.05) is 0 Å². The fraction of sp³-hybridized carbons (Fsp3) is 0.550. The van der Waals surface area contributed by atoms with Gasteiger partial charge in [-0.05, 0) is 39.2 Å². The monoisotopic (exact) mass is 379 g/mol. The van der Waals surface area contributed by atoms with Crippen LogP contribution in [0.1, 0.15) is 47.1 Å². The van der Waals surface area contributed by atoms with Gasteiger partial charge in [0.25, 0.3) is 0 Å². The lowest BCUT2D eigenvalue weighted by Crippen LogP contribution is -2.48. The number of carbonyl (C=O) groups excluding carboxylic acids is 3. The SMILES string of the molecule is CC(OC(=O)C(NC(=O)OC(C)(C)C)C(C)C)C(=O)OCc1ccccc1. The number of ether oxygens (including phenoxy) is 3. The number of esters is 2. The number of hydrogen-bond donors (Lipinski definition) is 1. The highest BCUT2D eigenvalue weighted by Crippen LogP contribution is 2.11. The number of carbonyl (C=O) groups is 3. The van der Waals surface area contributed by atoms with Crippen molar-refractivity contribution < 1.29 is 28.6 Å². The first-order chi connectivity index (χ1) is 12.5. The second-order valence-electron chi connectivity index (χ2n) is 7.54. The van der Waals surface area contributed by atoms with Crippen LogP contribution in [0.25, 0.3) is 0 Å². The summed E-state index contributed by atoms with van der Waals surface area (Å²) in [5.41, 5.74) is 0.139. The third-order valence-corrected chi connectivity index (χ3v) is 3.44. The van der Waals surface area contributed by atoms with E-state index in [1.54, 1.807) is 34.6 Å². The van der Waals surface area contributed by atoms with Crippen LogP contribution in [0.3, 0.4) is 0 Å². The minimum absolute atomic E-state index is 0.0886. The minimum Gasteiger partial charge on any atom is -0.458 e. The molecule has 0 saturated heterocycles. The van der Waals surface area contributed by atoms with Gasteiger partial charge in [-0.25, -0.2) is 14.4 Å². The van der Waals surface area contributed by atoms with Crippen LogP contribution >= 0.6 is 0 Å². The molecule has 0 bridgehead atoms. The summed E-state index contributed by atoms with van der Waals surface area (Å²) in [6, 6.07) is 8.24. The average Bonchev–Trinajstić information content (AvgIpc) is 2.56. The molecule has 27 heavy (non-hydrogen) atoms. The van der Waals surface area contributed by atoms with Crippen LogP contribution in [0.5, 0.6) is 0 Å². The van der Waals surface area contributed by atoms with Gasteiger partial charge < -0.3 is 19.5 Å². The van der Waals surface area contributed by atoms with Gasteiger partial charge in [-0.15, -0.1) is 0 Å². The van der Waals surface area contributed by atoms with Crippen LogP contribution in [-0.4, -0.2) is 35.8 Å². The molecule has 0 aliphatic rings. The smallest absolute Gasteiger partial charge is 0.408 e. The number of nitrogens with one attached hydrogen (secondary N) is 1. The van der Waals surface area contributed by atoms with E-state index in [0.717, 1.165) is 5.56 Å². The second kappa shape index (κ2) is 9.94. The lowest BCUT2D eigenvalue weighted by molar-refractivity contribution is -0.169. The first-order valence-corrected chi connectivity index (χ1v) is 8.90. The molecule has 7 heteroatoms. The Morgan fingerprint density at radius 3 is 2.11 bits per heavy atom. The summed E-state index contributed by atoms with van der Waals surface area (Å²) < 4.78 is 15.5. The van der Waals surface area contributed by atoms with E-state index in [1.165, 1.54) is 6.92 Å². The Kier molecular flexibility index (Phi) is 8.28. The summed E-state index contributed by atoms with van der Waals surface area (Å²) in [6.07, 6.45) is -1.82. The third-order valence-electron chi connectivity index (χ3n) is 3.44. The predicted molar refractivity (Wildman–Crippen MR) is 99.8 cm³/mol. The van der Waals surface area contributed by atoms with Crippen LogP contribution in [-0.2, 0) is 30.4 Å². The summed E-state index contributed by atoms with van der Waals surface area (Å²) in [5.74, 6) is -1.63. The molecule has 7 nitrogen and oxygen atoms in total. The summed E-state index contributed by atoms with van der Waals surface area (Å²) >= 11 is 0. The Morgan fingerprint density at radius 2 is 1.59 bits per heavy atom. The molecule has 0 saturated carbocycles. The standard InChI is InChI=1S/C20H29NO6/c1-13(2)16(21-19(24)27-20(4,5)6)18(23)26-14(3)17(22)25-12-15-10-8-7-9-11-15/h7-11,13-14,16H,12H2,1-6H3,(H,21,24). The zero-order valence-electron chi connectivity index (χ0n) is 16.8. The van der Waals surface area contributed by atoms with Crippen LogP contribution < -0.4 is 5.32 Å². The zero-order valence-corrected chi connectivity index (χ0v) is 16.8. The maximum atomic E-state index is 12.4. The summed E-state index contributed by atoms with van der Waals surface area (Å²) in [4.78, 5) is 36.3. The van der Waals surface area contributed by atoms with Gasteiger partial charge in [-0.1, -0.05) is 44.2 Å². The van der Waals surface area contributed by atoms with Crippen LogP contribution in [0.4, 0.5) is 4.79 Å². The molecule has 1 N–H and O–H groups in total. The van der Waals surface area contributed by atoms with Crippen LogP contribution in [0, 0.1) is 5.92 Å². The van der Waals surface area contributed by atoms with Gasteiger partial charge in [0.15, 0.2) is 6.10 Å². The maximum absolute atomic E-state index is 12.4. The largest absolute Gasteiger partial charge is 0.458 e. The predicted octanol–water partition coefficient (Wildman–Crippen LogP) is 3.21. The summed E-state index contributed by atoms with van der Waals surface area (Å²) in [7, 11) is 0. The molecule has 2 unspecified atom stereocenters. The molecule has 1 aromatic rings. The van der Waals surface area contributed by atoms with Gasteiger partial charge in [-0.2, -0.15) is 0 Å². The van der Waals surface area contributed by atoms with E-state index in [0.29, 0.717) is 0 Å². The Labute approximate surface area is 160 Å². The Morgan fingerprint density at radius 1 is 1.00 bits per heavy atom. The number of hydrogen-bond acceptors (Lipinski definition) is 6. The molecule has 0 heterocycles. The van der Waals surface area contributed by atoms with E-state index in [1.807, 2.05) is 30.3 Å². The van der Waals surface area contributed by atoms with Crippen molar-refractivity contribution in [2.24, 2.45) is 5.92 Å². The molecule has 0 aliphatic heterocycles. The topological polar surface area (TPSA) is 90.9 Å². The molecule has 150 valence electrons. The molecule has 0 aromatic heterocycles. The molecule has 1 rings (SSSR count). The fourth-order valence-electron chi connectivity index (χ4n) is 2.07. The molecule has 2 atom stereocenters. The van der Waals surface area contributed by atoms with Crippen LogP contribution in [0.2, 0.25) is 0 Å². The summed E-state index contributed by atoms with van der Waals surface area (Å²) in [5, 5.41) is 2.49. The minimum atomic E-state index is -1.09. The van der Waals surface area contributed by atoms with Crippen molar-refractivity contribution in [3.63, 3.8) is 0 Å². The van der Waals surface area contributed by atoms with Crippen LogP contribution in [0.15, 0.2) is 30.3 Å². The molecular weight excluding hydrogens is 350 g/mol. The molecule has 0 fully saturated rings. The van der Waals surface area contributed by atoms with Crippen molar-refractivity contribution in [3.05, 3.63) is 35.9 Å². The fourth-order valence-corrected chi connectivity index (χ4v) is 2.07. The Balaban J connectivity index is 2.58. The molecular formula is C20H29NO6. The molecule has 0 spiro atoms. The molecule has 0 aliphatic carbocycles. The zero-order chi connectivity index (χ0) is 20.6. The van der Waals surface area contributed by atoms with Crippen molar-refractivity contribution >= 4 is 18.0 Å². The van der Waals surface area contributed by atoms with Gasteiger partial charge in [0, 0.05) is 0 Å². The lowest BCUT2D eigenvalue weighted by atomic mass is 10.1. The van der Waals surface area contributed by atoms with Gasteiger partial charge in [-0.3, -0.25) is 0 Å². The highest BCUT2D eigenvalue weighted by Gasteiger charge is 2.31. The average molecular weight is 379 g/mol. The lowest BCUT2D eigenvalue weighted by Gasteiger charge is -2.25. The van der Waals surface area contributed by atoms with E-state index in [2.05, 4.69) is 5.32 Å². The maximum Gasteiger partial charge on any atom is 0.408 e. The highest BCUT2D eigenvalue weighted by atomic mass is 16.6. The van der Waals surface area contributed by atoms with Crippen molar-refractivity contribution in [2.45, 2.75) is 65.9 Å². The van der Waals surface area contributed by atoms with Crippen molar-refractivity contribution in [1.29, 1.82) is 0 Å². The second-order valence-corrected chi connectivity index (χ2v) is 7.54. The number of alkyl carbamates (subject to hydrolysis) is 1. The first kappa shape index (κ1) is 22.5. The van der Waals surface area contributed by atoms with Gasteiger partial charge in [0.1, 0.15) is 18.2 Å². The Bertz CT molecular complexity index is 636. The van der Waals surface area contributed by atoms with E-state index in [-0.39, 0.29) is 12.5 Å². The van der Waals surface area contributed by atoms with E-state index in [9.17, 15) is 14.4 Å². The molecule has 1 aromatic carbocycles. The normalized spacial score (nSPS) is 13.4. The third kappa shape index (κ3) is 8.57. The molecule has 1 amide bonds. The van der Waals surface area contributed by atoms with Gasteiger partial charge in [0.05, 0.1) is 0 Å². The van der Waals surface area contributed by atoms with E-state index < -0.39 is 35.8 Å². The Hall–Kier alpha value is -2.57. The van der Waals surface area contributed by atoms with Gasteiger partial charge in [0.2, 0.25) is 0 Å². The van der Waals surface area contributed by atoms with Gasteiger partial charge >= 0.3 is 18.0 Å². The van der Waals surface area contributed by atoms with E-state index in [4.69, 9.17) is 14.2 Å². The van der Waals surface area contributed by atoms with Crippen molar-refractivity contribution in [3.8, 4) is 0 Å². The summed E-state index contributed by atoms with van der Waals surface area (Å²) in [6.45, 7) is 10.2. The first-order valence-electron chi connectivity index (χ1n) is 8.90. The molecule has 0 radical (unpaired) electrons.